The fourth-order valence-electron chi connectivity index (χ4n) is 1.13. The highest BCUT2D eigenvalue weighted by Crippen LogP contribution is 2.17. The largest absolute Gasteiger partial charge is 0.497 e. The molecule has 1 aromatic carbocycles. The predicted molar refractivity (Wildman–Crippen MR) is 52.5 cm³/mol. The highest BCUT2D eigenvalue weighted by atomic mass is 16.5. The van der Waals surface area contributed by atoms with E-state index in [1.165, 1.54) is 5.56 Å². The van der Waals surface area contributed by atoms with Crippen molar-refractivity contribution < 1.29 is 4.74 Å². The molecule has 0 aliphatic heterocycles. The standard InChI is InChI=1S/C11H14O/c1-4-9-6-10(5-2)8-11(7-9)12-3/h4,6-8H,1,5H2,2-3H3. The first-order chi connectivity index (χ1) is 5.80. The van der Waals surface area contributed by atoms with Crippen LogP contribution >= 0.6 is 0 Å². The summed E-state index contributed by atoms with van der Waals surface area (Å²) in [5.41, 5.74) is 2.40. The van der Waals surface area contributed by atoms with Crippen LogP contribution in [0.3, 0.4) is 0 Å². The summed E-state index contributed by atoms with van der Waals surface area (Å²) in [6.45, 7) is 5.85. The topological polar surface area (TPSA) is 9.23 Å². The van der Waals surface area contributed by atoms with Crippen molar-refractivity contribution in [2.24, 2.45) is 0 Å². The Morgan fingerprint density at radius 1 is 1.42 bits per heavy atom. The van der Waals surface area contributed by atoms with Crippen molar-refractivity contribution in [3.8, 4) is 5.75 Å². The van der Waals surface area contributed by atoms with Gasteiger partial charge in [0.05, 0.1) is 7.11 Å². The maximum atomic E-state index is 5.15. The number of methoxy groups -OCH3 is 1. The van der Waals surface area contributed by atoms with Crippen LogP contribution in [0.1, 0.15) is 18.1 Å². The van der Waals surface area contributed by atoms with Gasteiger partial charge in [0, 0.05) is 0 Å². The fourth-order valence-corrected chi connectivity index (χ4v) is 1.13. The van der Waals surface area contributed by atoms with Crippen LogP contribution < -0.4 is 4.74 Å². The summed E-state index contributed by atoms with van der Waals surface area (Å²) in [5, 5.41) is 0. The summed E-state index contributed by atoms with van der Waals surface area (Å²) in [5.74, 6) is 0.907. The average Bonchev–Trinajstić information content (AvgIpc) is 2.16. The molecule has 0 bridgehead atoms. The van der Waals surface area contributed by atoms with Gasteiger partial charge in [-0.1, -0.05) is 25.6 Å². The van der Waals surface area contributed by atoms with Crippen LogP contribution in [-0.2, 0) is 6.42 Å². The molecule has 0 aliphatic rings. The van der Waals surface area contributed by atoms with Gasteiger partial charge in [0.1, 0.15) is 5.75 Å². The van der Waals surface area contributed by atoms with Gasteiger partial charge in [-0.25, -0.2) is 0 Å². The molecule has 0 saturated carbocycles. The van der Waals surface area contributed by atoms with Crippen molar-refractivity contribution in [2.75, 3.05) is 7.11 Å². The van der Waals surface area contributed by atoms with Crippen molar-refractivity contribution in [1.82, 2.24) is 0 Å². The van der Waals surface area contributed by atoms with Crippen molar-refractivity contribution in [3.05, 3.63) is 35.9 Å². The van der Waals surface area contributed by atoms with Crippen molar-refractivity contribution in [2.45, 2.75) is 13.3 Å². The molecule has 0 radical (unpaired) electrons. The molecule has 0 fully saturated rings. The summed E-state index contributed by atoms with van der Waals surface area (Å²) in [4.78, 5) is 0. The molecular formula is C11H14O. The third kappa shape index (κ3) is 1.88. The van der Waals surface area contributed by atoms with Crippen molar-refractivity contribution in [1.29, 1.82) is 0 Å². The number of rotatable bonds is 3. The Labute approximate surface area is 73.7 Å². The van der Waals surface area contributed by atoms with Crippen LogP contribution in [0.25, 0.3) is 6.08 Å². The normalized spacial score (nSPS) is 9.50. The summed E-state index contributed by atoms with van der Waals surface area (Å²) in [6, 6.07) is 6.15. The van der Waals surface area contributed by atoms with Crippen LogP contribution in [0.15, 0.2) is 24.8 Å². The van der Waals surface area contributed by atoms with E-state index in [-0.39, 0.29) is 0 Å². The third-order valence-corrected chi connectivity index (χ3v) is 1.87. The maximum Gasteiger partial charge on any atom is 0.119 e. The SMILES string of the molecule is C=Cc1cc(CC)cc(OC)c1. The zero-order valence-electron chi connectivity index (χ0n) is 7.63. The van der Waals surface area contributed by atoms with E-state index in [1.54, 1.807) is 7.11 Å². The molecule has 0 atom stereocenters. The van der Waals surface area contributed by atoms with E-state index in [4.69, 9.17) is 4.74 Å². The average molecular weight is 162 g/mol. The van der Waals surface area contributed by atoms with Gasteiger partial charge in [-0.15, -0.1) is 0 Å². The first-order valence-electron chi connectivity index (χ1n) is 4.10. The summed E-state index contributed by atoms with van der Waals surface area (Å²) < 4.78 is 5.15. The second-order valence-corrected chi connectivity index (χ2v) is 2.67. The van der Waals surface area contributed by atoms with E-state index in [0.717, 1.165) is 17.7 Å². The van der Waals surface area contributed by atoms with E-state index >= 15 is 0 Å². The molecule has 0 N–H and O–H groups in total. The van der Waals surface area contributed by atoms with Gasteiger partial charge in [0.15, 0.2) is 0 Å². The Hall–Kier alpha value is -1.24. The van der Waals surface area contributed by atoms with Gasteiger partial charge >= 0.3 is 0 Å². The number of hydrogen-bond acceptors (Lipinski definition) is 1. The fraction of sp³-hybridized carbons (Fsp3) is 0.273. The smallest absolute Gasteiger partial charge is 0.119 e. The number of hydrogen-bond donors (Lipinski definition) is 0. The molecule has 1 heteroatoms. The lowest BCUT2D eigenvalue weighted by molar-refractivity contribution is 0.414. The molecule has 12 heavy (non-hydrogen) atoms. The molecule has 1 nitrogen and oxygen atoms in total. The van der Waals surface area contributed by atoms with Crippen LogP contribution in [0, 0.1) is 0 Å². The van der Waals surface area contributed by atoms with E-state index < -0.39 is 0 Å². The third-order valence-electron chi connectivity index (χ3n) is 1.87. The van der Waals surface area contributed by atoms with E-state index in [0.29, 0.717) is 0 Å². The van der Waals surface area contributed by atoms with Gasteiger partial charge in [-0.3, -0.25) is 0 Å². The second-order valence-electron chi connectivity index (χ2n) is 2.67. The van der Waals surface area contributed by atoms with E-state index in [2.05, 4.69) is 19.6 Å². The molecule has 1 rings (SSSR count). The van der Waals surface area contributed by atoms with E-state index in [9.17, 15) is 0 Å². The molecular weight excluding hydrogens is 148 g/mol. The highest BCUT2D eigenvalue weighted by molar-refractivity contribution is 5.51. The summed E-state index contributed by atoms with van der Waals surface area (Å²) in [6.07, 6.45) is 2.86. The highest BCUT2D eigenvalue weighted by Gasteiger charge is 1.96. The molecule has 0 spiro atoms. The lowest BCUT2D eigenvalue weighted by Crippen LogP contribution is -1.87. The predicted octanol–water partition coefficient (Wildman–Crippen LogP) is 2.90. The van der Waals surface area contributed by atoms with Gasteiger partial charge in [-0.05, 0) is 29.7 Å². The van der Waals surface area contributed by atoms with Crippen LogP contribution in [0.2, 0.25) is 0 Å². The molecule has 0 unspecified atom stereocenters. The molecule has 64 valence electrons. The van der Waals surface area contributed by atoms with Gasteiger partial charge in [0.25, 0.3) is 0 Å². The Kier molecular flexibility index (Phi) is 2.92. The molecule has 1 aromatic rings. The lowest BCUT2D eigenvalue weighted by Gasteiger charge is -2.04. The van der Waals surface area contributed by atoms with Crippen LogP contribution in [0.4, 0.5) is 0 Å². The Balaban J connectivity index is 3.09. The zero-order chi connectivity index (χ0) is 8.97. The Morgan fingerprint density at radius 3 is 2.67 bits per heavy atom. The zero-order valence-corrected chi connectivity index (χ0v) is 7.63. The van der Waals surface area contributed by atoms with Gasteiger partial charge in [-0.2, -0.15) is 0 Å². The quantitative estimate of drug-likeness (QED) is 0.664. The van der Waals surface area contributed by atoms with Crippen molar-refractivity contribution in [3.63, 3.8) is 0 Å². The van der Waals surface area contributed by atoms with Crippen LogP contribution in [0.5, 0.6) is 5.75 Å². The number of ether oxygens (including phenoxy) is 1. The molecule has 0 heterocycles. The molecule has 0 amide bonds. The first kappa shape index (κ1) is 8.85. The minimum absolute atomic E-state index is 0.907. The minimum atomic E-state index is 0.907. The van der Waals surface area contributed by atoms with Crippen LogP contribution in [-0.4, -0.2) is 7.11 Å². The monoisotopic (exact) mass is 162 g/mol. The summed E-state index contributed by atoms with van der Waals surface area (Å²) in [7, 11) is 1.68. The summed E-state index contributed by atoms with van der Waals surface area (Å²) >= 11 is 0. The first-order valence-corrected chi connectivity index (χ1v) is 4.10. The second kappa shape index (κ2) is 3.96. The lowest BCUT2D eigenvalue weighted by atomic mass is 10.1. The van der Waals surface area contributed by atoms with Gasteiger partial charge in [0.2, 0.25) is 0 Å². The number of benzene rings is 1. The Morgan fingerprint density at radius 2 is 2.17 bits per heavy atom. The van der Waals surface area contributed by atoms with Gasteiger partial charge < -0.3 is 4.74 Å². The van der Waals surface area contributed by atoms with E-state index in [1.807, 2.05) is 18.2 Å². The number of aryl methyl sites for hydroxylation is 1. The minimum Gasteiger partial charge on any atom is -0.497 e. The molecule has 0 saturated heterocycles. The Bertz CT molecular complexity index is 254. The molecule has 0 aromatic heterocycles. The van der Waals surface area contributed by atoms with Crippen molar-refractivity contribution >= 4 is 6.08 Å². The maximum absolute atomic E-state index is 5.15. The molecule has 0 aliphatic carbocycles.